The van der Waals surface area contributed by atoms with Gasteiger partial charge in [-0.25, -0.2) is 0 Å². The highest BCUT2D eigenvalue weighted by molar-refractivity contribution is 4.96. The van der Waals surface area contributed by atoms with Crippen LogP contribution in [0, 0.1) is 0 Å². The van der Waals surface area contributed by atoms with E-state index >= 15 is 0 Å². The molecule has 3 aliphatic rings. The second-order valence-corrected chi connectivity index (χ2v) is 10.2. The van der Waals surface area contributed by atoms with Gasteiger partial charge in [0.2, 0.25) is 0 Å². The Morgan fingerprint density at radius 3 is 1.46 bits per heavy atom. The SMILES string of the molecule is CC(C)(C)N1CCC(N2CC(N3CCN(C(C)(C)C)CC3)C2)CC1. The van der Waals surface area contributed by atoms with Crippen LogP contribution in [0.3, 0.4) is 0 Å². The molecule has 3 heterocycles. The summed E-state index contributed by atoms with van der Waals surface area (Å²) in [5, 5.41) is 0. The summed E-state index contributed by atoms with van der Waals surface area (Å²) in [6.07, 6.45) is 2.73. The third-order valence-electron chi connectivity index (χ3n) is 6.60. The summed E-state index contributed by atoms with van der Waals surface area (Å²) < 4.78 is 0. The Morgan fingerprint density at radius 2 is 1.00 bits per heavy atom. The van der Waals surface area contributed by atoms with Crippen molar-refractivity contribution in [3.05, 3.63) is 0 Å². The van der Waals surface area contributed by atoms with Crippen LogP contribution in [0.1, 0.15) is 54.4 Å². The lowest BCUT2D eigenvalue weighted by atomic mass is 9.93. The Morgan fingerprint density at radius 1 is 0.542 bits per heavy atom. The maximum atomic E-state index is 2.76. The van der Waals surface area contributed by atoms with E-state index in [1.54, 1.807) is 0 Å². The molecule has 140 valence electrons. The van der Waals surface area contributed by atoms with Crippen molar-refractivity contribution in [2.24, 2.45) is 0 Å². The van der Waals surface area contributed by atoms with E-state index in [1.165, 1.54) is 65.2 Å². The molecule has 0 radical (unpaired) electrons. The quantitative estimate of drug-likeness (QED) is 0.767. The Bertz CT molecular complexity index is 362. The highest BCUT2D eigenvalue weighted by atomic mass is 15.4. The lowest BCUT2D eigenvalue weighted by Crippen LogP contribution is -2.67. The van der Waals surface area contributed by atoms with Gasteiger partial charge in [0.05, 0.1) is 0 Å². The molecule has 0 unspecified atom stereocenters. The van der Waals surface area contributed by atoms with Crippen molar-refractivity contribution in [2.75, 3.05) is 52.4 Å². The average molecular weight is 337 g/mol. The van der Waals surface area contributed by atoms with Crippen LogP contribution < -0.4 is 0 Å². The first kappa shape index (κ1) is 18.6. The molecule has 0 aromatic carbocycles. The molecule has 24 heavy (non-hydrogen) atoms. The fourth-order valence-corrected chi connectivity index (χ4v) is 4.68. The summed E-state index contributed by atoms with van der Waals surface area (Å²) in [6, 6.07) is 1.67. The summed E-state index contributed by atoms with van der Waals surface area (Å²) in [7, 11) is 0. The fraction of sp³-hybridized carbons (Fsp3) is 1.00. The van der Waals surface area contributed by atoms with Crippen LogP contribution >= 0.6 is 0 Å². The topological polar surface area (TPSA) is 13.0 Å². The first-order valence-electron chi connectivity index (χ1n) is 10.1. The van der Waals surface area contributed by atoms with E-state index in [4.69, 9.17) is 0 Å². The molecule has 0 aromatic rings. The van der Waals surface area contributed by atoms with E-state index in [2.05, 4.69) is 61.1 Å². The smallest absolute Gasteiger partial charge is 0.0351 e. The average Bonchev–Trinajstić information content (AvgIpc) is 2.45. The van der Waals surface area contributed by atoms with Gasteiger partial charge in [-0.3, -0.25) is 19.6 Å². The van der Waals surface area contributed by atoms with Crippen LogP contribution in [0.4, 0.5) is 0 Å². The highest BCUT2D eigenvalue weighted by Gasteiger charge is 2.39. The van der Waals surface area contributed by atoms with E-state index in [-0.39, 0.29) is 0 Å². The third-order valence-corrected chi connectivity index (χ3v) is 6.60. The Balaban J connectivity index is 1.38. The molecule has 0 bridgehead atoms. The second-order valence-electron chi connectivity index (χ2n) is 10.2. The lowest BCUT2D eigenvalue weighted by Gasteiger charge is -2.53. The van der Waals surface area contributed by atoms with Crippen molar-refractivity contribution in [1.82, 2.24) is 19.6 Å². The Kier molecular flexibility index (Phi) is 5.33. The van der Waals surface area contributed by atoms with Crippen molar-refractivity contribution >= 4 is 0 Å². The second kappa shape index (κ2) is 6.86. The standard InChI is InChI=1S/C20H40N4/c1-19(2,3)23-9-7-17(8-10-23)22-15-18(16-22)21-11-13-24(14-12-21)20(4,5)6/h17-18H,7-16H2,1-6H3. The molecular formula is C20H40N4. The molecule has 3 fully saturated rings. The zero-order valence-electron chi connectivity index (χ0n) is 17.0. The number of rotatable bonds is 2. The van der Waals surface area contributed by atoms with Gasteiger partial charge in [-0.05, 0) is 54.4 Å². The predicted octanol–water partition coefficient (Wildman–Crippen LogP) is 2.35. The highest BCUT2D eigenvalue weighted by Crippen LogP contribution is 2.28. The number of likely N-dealkylation sites (tertiary alicyclic amines) is 2. The van der Waals surface area contributed by atoms with Crippen LogP contribution in [0.25, 0.3) is 0 Å². The predicted molar refractivity (Wildman–Crippen MR) is 103 cm³/mol. The van der Waals surface area contributed by atoms with Gasteiger partial charge in [0.25, 0.3) is 0 Å². The van der Waals surface area contributed by atoms with Crippen LogP contribution in [0.15, 0.2) is 0 Å². The largest absolute Gasteiger partial charge is 0.298 e. The maximum absolute atomic E-state index is 2.76. The minimum atomic E-state index is 0.332. The summed E-state index contributed by atoms with van der Waals surface area (Å²) in [4.78, 5) is 10.8. The Hall–Kier alpha value is -0.160. The number of hydrogen-bond donors (Lipinski definition) is 0. The minimum absolute atomic E-state index is 0.332. The first-order valence-corrected chi connectivity index (χ1v) is 10.1. The van der Waals surface area contributed by atoms with Gasteiger partial charge in [0, 0.05) is 75.5 Å². The first-order chi connectivity index (χ1) is 11.1. The van der Waals surface area contributed by atoms with E-state index in [1.807, 2.05) is 0 Å². The fourth-order valence-electron chi connectivity index (χ4n) is 4.68. The summed E-state index contributed by atoms with van der Waals surface area (Å²) in [5.74, 6) is 0. The van der Waals surface area contributed by atoms with Crippen LogP contribution in [0.5, 0.6) is 0 Å². The van der Waals surface area contributed by atoms with E-state index in [0.29, 0.717) is 11.1 Å². The van der Waals surface area contributed by atoms with Crippen molar-refractivity contribution in [2.45, 2.75) is 77.5 Å². The van der Waals surface area contributed by atoms with Crippen LogP contribution in [-0.4, -0.2) is 95.1 Å². The Labute approximate surface area is 150 Å². The lowest BCUT2D eigenvalue weighted by molar-refractivity contribution is -0.0456. The molecule has 0 atom stereocenters. The van der Waals surface area contributed by atoms with Crippen molar-refractivity contribution in [1.29, 1.82) is 0 Å². The molecule has 0 N–H and O–H groups in total. The molecule has 0 saturated carbocycles. The zero-order valence-corrected chi connectivity index (χ0v) is 17.0. The zero-order chi connectivity index (χ0) is 17.5. The summed E-state index contributed by atoms with van der Waals surface area (Å²) in [6.45, 7) is 24.3. The number of piperazine rings is 1. The summed E-state index contributed by atoms with van der Waals surface area (Å²) in [5.41, 5.74) is 0.675. The van der Waals surface area contributed by atoms with Gasteiger partial charge in [-0.1, -0.05) is 0 Å². The van der Waals surface area contributed by atoms with Gasteiger partial charge in [0.15, 0.2) is 0 Å². The molecule has 4 nitrogen and oxygen atoms in total. The van der Waals surface area contributed by atoms with Crippen LogP contribution in [0.2, 0.25) is 0 Å². The number of nitrogens with zero attached hydrogens (tertiary/aromatic N) is 4. The number of piperidine rings is 1. The number of hydrogen-bond acceptors (Lipinski definition) is 4. The third kappa shape index (κ3) is 4.14. The summed E-state index contributed by atoms with van der Waals surface area (Å²) >= 11 is 0. The molecular weight excluding hydrogens is 296 g/mol. The molecule has 3 rings (SSSR count). The molecule has 0 aliphatic carbocycles. The van der Waals surface area contributed by atoms with E-state index < -0.39 is 0 Å². The van der Waals surface area contributed by atoms with E-state index in [0.717, 1.165) is 12.1 Å². The maximum Gasteiger partial charge on any atom is 0.0351 e. The molecule has 3 aliphatic heterocycles. The van der Waals surface area contributed by atoms with Gasteiger partial charge >= 0.3 is 0 Å². The molecule has 0 spiro atoms. The molecule has 3 saturated heterocycles. The van der Waals surface area contributed by atoms with Crippen molar-refractivity contribution in [3.63, 3.8) is 0 Å². The van der Waals surface area contributed by atoms with E-state index in [9.17, 15) is 0 Å². The van der Waals surface area contributed by atoms with Gasteiger partial charge < -0.3 is 0 Å². The van der Waals surface area contributed by atoms with Crippen LogP contribution in [-0.2, 0) is 0 Å². The van der Waals surface area contributed by atoms with Gasteiger partial charge in [-0.2, -0.15) is 0 Å². The molecule has 0 amide bonds. The molecule has 4 heteroatoms. The monoisotopic (exact) mass is 336 g/mol. The van der Waals surface area contributed by atoms with Gasteiger partial charge in [-0.15, -0.1) is 0 Å². The van der Waals surface area contributed by atoms with Crippen molar-refractivity contribution < 1.29 is 0 Å². The minimum Gasteiger partial charge on any atom is -0.298 e. The van der Waals surface area contributed by atoms with Crippen molar-refractivity contribution in [3.8, 4) is 0 Å². The normalized spacial score (nSPS) is 28.2. The van der Waals surface area contributed by atoms with Gasteiger partial charge in [0.1, 0.15) is 0 Å². The molecule has 0 aromatic heterocycles.